The van der Waals surface area contributed by atoms with Gasteiger partial charge >= 0.3 is 6.03 Å². The zero-order valence-corrected chi connectivity index (χ0v) is 16.6. The second-order valence-electron chi connectivity index (χ2n) is 8.32. The van der Waals surface area contributed by atoms with E-state index in [1.807, 2.05) is 9.80 Å². The molecule has 7 nitrogen and oxygen atoms in total. The molecular weight excluding hydrogens is 401 g/mol. The first-order chi connectivity index (χ1) is 14.0. The molecule has 5 atom stereocenters. The maximum atomic E-state index is 13.1. The molecule has 3 aliphatic heterocycles. The number of piperidine rings is 2. The minimum absolute atomic E-state index is 0.00328. The molecule has 1 saturated carbocycles. The van der Waals surface area contributed by atoms with E-state index in [9.17, 15) is 14.0 Å². The van der Waals surface area contributed by atoms with Gasteiger partial charge in [-0.2, -0.15) is 0 Å². The first-order valence-electron chi connectivity index (χ1n) is 10.0. The van der Waals surface area contributed by atoms with Gasteiger partial charge in [0, 0.05) is 32.1 Å². The van der Waals surface area contributed by atoms with Crippen LogP contribution in [0.15, 0.2) is 18.2 Å². The summed E-state index contributed by atoms with van der Waals surface area (Å²) >= 11 is 6.00. The molecule has 5 rings (SSSR count). The predicted octanol–water partition coefficient (Wildman–Crippen LogP) is 1.74. The lowest BCUT2D eigenvalue weighted by Gasteiger charge is -2.42. The standard InChI is InChI=1S/C20H23ClFN3O4/c21-15-5-11(22)1-2-17(15)28-9-14-12-6-25(7-13(12)14)20(27)24-4-3-18-16(8-24)23-19(26)10-29-18/h1-2,5,12-14,16,18H,3-4,6-10H2,(H,23,26)/t12-,13+,14-,16-,18+/m1/s1. The van der Waals surface area contributed by atoms with Crippen molar-refractivity contribution in [3.8, 4) is 5.75 Å². The number of halogens is 2. The first-order valence-corrected chi connectivity index (χ1v) is 10.4. The average molecular weight is 424 g/mol. The van der Waals surface area contributed by atoms with Crippen LogP contribution in [0, 0.1) is 23.6 Å². The number of carbonyl (C=O) groups is 2. The highest BCUT2D eigenvalue weighted by molar-refractivity contribution is 6.32. The Bertz CT molecular complexity index is 828. The molecule has 1 aliphatic carbocycles. The maximum Gasteiger partial charge on any atom is 0.320 e. The van der Waals surface area contributed by atoms with Crippen molar-refractivity contribution >= 4 is 23.5 Å². The Morgan fingerprint density at radius 2 is 2.07 bits per heavy atom. The number of benzene rings is 1. The topological polar surface area (TPSA) is 71.1 Å². The summed E-state index contributed by atoms with van der Waals surface area (Å²) in [6.07, 6.45) is 0.746. The molecule has 1 aromatic rings. The molecule has 0 bridgehead atoms. The fraction of sp³-hybridized carbons (Fsp3) is 0.600. The molecule has 0 radical (unpaired) electrons. The Morgan fingerprint density at radius 3 is 2.83 bits per heavy atom. The van der Waals surface area contributed by atoms with Gasteiger partial charge in [0.05, 0.1) is 23.8 Å². The molecule has 1 aromatic carbocycles. The third-order valence-electron chi connectivity index (χ3n) is 6.56. The summed E-state index contributed by atoms with van der Waals surface area (Å²) in [5.41, 5.74) is 0. The maximum absolute atomic E-state index is 13.1. The van der Waals surface area contributed by atoms with Crippen LogP contribution in [-0.4, -0.2) is 73.3 Å². The number of carbonyl (C=O) groups excluding carboxylic acids is 2. The van der Waals surface area contributed by atoms with Crippen molar-refractivity contribution in [2.24, 2.45) is 17.8 Å². The Labute approximate surface area is 173 Å². The summed E-state index contributed by atoms with van der Waals surface area (Å²) in [7, 11) is 0. The summed E-state index contributed by atoms with van der Waals surface area (Å²) in [4.78, 5) is 28.2. The molecule has 1 N–H and O–H groups in total. The van der Waals surface area contributed by atoms with Gasteiger partial charge in [-0.1, -0.05) is 11.6 Å². The third-order valence-corrected chi connectivity index (χ3v) is 6.86. The average Bonchev–Trinajstić information content (AvgIpc) is 3.15. The van der Waals surface area contributed by atoms with Crippen LogP contribution in [0.1, 0.15) is 6.42 Å². The molecular formula is C20H23ClFN3O4. The Balaban J connectivity index is 1.11. The molecule has 0 unspecified atom stereocenters. The van der Waals surface area contributed by atoms with E-state index in [-0.39, 0.29) is 41.5 Å². The highest BCUT2D eigenvalue weighted by Crippen LogP contribution is 2.52. The number of fused-ring (bicyclic) bond motifs is 2. The summed E-state index contributed by atoms with van der Waals surface area (Å²) < 4.78 is 24.4. The zero-order chi connectivity index (χ0) is 20.1. The number of nitrogens with zero attached hydrogens (tertiary/aromatic N) is 2. The SMILES string of the molecule is O=C1CO[C@H]2CCN(C(=O)N3C[C@@H]4[C@H](COc5ccc(F)cc5Cl)[C@@H]4C3)C[C@H]2N1. The van der Waals surface area contributed by atoms with Crippen molar-refractivity contribution in [1.82, 2.24) is 15.1 Å². The molecule has 3 saturated heterocycles. The molecule has 0 spiro atoms. The lowest BCUT2D eigenvalue weighted by molar-refractivity contribution is -0.139. The van der Waals surface area contributed by atoms with Crippen molar-refractivity contribution in [1.29, 1.82) is 0 Å². The fourth-order valence-corrected chi connectivity index (χ4v) is 5.13. The van der Waals surface area contributed by atoms with Crippen molar-refractivity contribution in [3.63, 3.8) is 0 Å². The number of amides is 3. The van der Waals surface area contributed by atoms with E-state index in [2.05, 4.69) is 5.32 Å². The van der Waals surface area contributed by atoms with Gasteiger partial charge in [0.25, 0.3) is 0 Å². The zero-order valence-electron chi connectivity index (χ0n) is 15.9. The van der Waals surface area contributed by atoms with Crippen LogP contribution in [0.2, 0.25) is 5.02 Å². The third kappa shape index (κ3) is 3.64. The minimum atomic E-state index is -0.386. The fourth-order valence-electron chi connectivity index (χ4n) is 4.90. The summed E-state index contributed by atoms with van der Waals surface area (Å²) in [6.45, 7) is 3.23. The number of rotatable bonds is 3. The van der Waals surface area contributed by atoms with Crippen molar-refractivity contribution in [2.45, 2.75) is 18.6 Å². The summed E-state index contributed by atoms with van der Waals surface area (Å²) in [5, 5.41) is 3.20. The van der Waals surface area contributed by atoms with Gasteiger partial charge in [0.15, 0.2) is 0 Å². The number of ether oxygens (including phenoxy) is 2. The van der Waals surface area contributed by atoms with Crippen LogP contribution in [0.4, 0.5) is 9.18 Å². The van der Waals surface area contributed by atoms with E-state index in [0.29, 0.717) is 43.2 Å². The van der Waals surface area contributed by atoms with E-state index in [1.165, 1.54) is 12.1 Å². The molecule has 3 heterocycles. The quantitative estimate of drug-likeness (QED) is 0.804. The molecule has 3 amide bonds. The largest absolute Gasteiger partial charge is 0.492 e. The number of nitrogens with one attached hydrogen (secondary N) is 1. The molecule has 4 aliphatic rings. The van der Waals surface area contributed by atoms with Crippen LogP contribution >= 0.6 is 11.6 Å². The lowest BCUT2D eigenvalue weighted by Crippen LogP contribution is -2.62. The normalized spacial score (nSPS) is 33.0. The van der Waals surface area contributed by atoms with Crippen LogP contribution in [0.3, 0.4) is 0 Å². The number of hydrogen-bond acceptors (Lipinski definition) is 4. The number of morpholine rings is 1. The number of urea groups is 1. The van der Waals surface area contributed by atoms with Gasteiger partial charge in [0.2, 0.25) is 5.91 Å². The van der Waals surface area contributed by atoms with Gasteiger partial charge in [-0.05, 0) is 36.5 Å². The molecule has 0 aromatic heterocycles. The van der Waals surface area contributed by atoms with Crippen LogP contribution in [0.25, 0.3) is 0 Å². The molecule has 156 valence electrons. The van der Waals surface area contributed by atoms with E-state index in [1.54, 1.807) is 6.07 Å². The highest BCUT2D eigenvalue weighted by atomic mass is 35.5. The Hall–Kier alpha value is -2.06. The van der Waals surface area contributed by atoms with E-state index in [4.69, 9.17) is 21.1 Å². The Kier molecular flexibility index (Phi) is 4.78. The van der Waals surface area contributed by atoms with Gasteiger partial charge in [-0.15, -0.1) is 0 Å². The van der Waals surface area contributed by atoms with Gasteiger partial charge in [-0.25, -0.2) is 9.18 Å². The van der Waals surface area contributed by atoms with Crippen LogP contribution < -0.4 is 10.1 Å². The van der Waals surface area contributed by atoms with E-state index >= 15 is 0 Å². The summed E-state index contributed by atoms with van der Waals surface area (Å²) in [5.74, 6) is 1.26. The van der Waals surface area contributed by atoms with Crippen molar-refractivity contribution in [2.75, 3.05) is 39.4 Å². The van der Waals surface area contributed by atoms with Gasteiger partial charge < -0.3 is 24.6 Å². The Morgan fingerprint density at radius 1 is 1.28 bits per heavy atom. The van der Waals surface area contributed by atoms with Crippen molar-refractivity contribution < 1.29 is 23.5 Å². The lowest BCUT2D eigenvalue weighted by atomic mass is 10.0. The monoisotopic (exact) mass is 423 g/mol. The number of likely N-dealkylation sites (tertiary alicyclic amines) is 2. The minimum Gasteiger partial charge on any atom is -0.492 e. The van der Waals surface area contributed by atoms with E-state index in [0.717, 1.165) is 19.5 Å². The molecule has 29 heavy (non-hydrogen) atoms. The second-order valence-corrected chi connectivity index (χ2v) is 8.73. The van der Waals surface area contributed by atoms with Crippen molar-refractivity contribution in [3.05, 3.63) is 29.0 Å². The first kappa shape index (κ1) is 18.9. The smallest absolute Gasteiger partial charge is 0.320 e. The van der Waals surface area contributed by atoms with Crippen LogP contribution in [-0.2, 0) is 9.53 Å². The van der Waals surface area contributed by atoms with Gasteiger partial charge in [-0.3, -0.25) is 4.79 Å². The predicted molar refractivity (Wildman–Crippen MR) is 102 cm³/mol. The summed E-state index contributed by atoms with van der Waals surface area (Å²) in [6, 6.07) is 4.04. The highest BCUT2D eigenvalue weighted by Gasteiger charge is 2.57. The van der Waals surface area contributed by atoms with Crippen LogP contribution in [0.5, 0.6) is 5.75 Å². The number of hydrogen-bond donors (Lipinski definition) is 1. The molecule has 4 fully saturated rings. The van der Waals surface area contributed by atoms with Gasteiger partial charge in [0.1, 0.15) is 18.2 Å². The second kappa shape index (κ2) is 7.32. The van der Waals surface area contributed by atoms with E-state index < -0.39 is 0 Å². The molecule has 9 heteroatoms.